The van der Waals surface area contributed by atoms with E-state index in [9.17, 15) is 23.6 Å². The van der Waals surface area contributed by atoms with Crippen LogP contribution in [0.25, 0.3) is 22.0 Å². The van der Waals surface area contributed by atoms with Gasteiger partial charge in [0.2, 0.25) is 11.8 Å². The van der Waals surface area contributed by atoms with E-state index in [1.165, 1.54) is 15.8 Å². The molecule has 14 nitrogen and oxygen atoms in total. The van der Waals surface area contributed by atoms with E-state index in [1.54, 1.807) is 47.7 Å². The maximum Gasteiger partial charge on any atom is 0.330 e. The Bertz CT molecular complexity index is 1560. The van der Waals surface area contributed by atoms with Crippen molar-refractivity contribution in [3.63, 3.8) is 0 Å². The Labute approximate surface area is 232 Å². The minimum absolute atomic E-state index is 0.0226. The van der Waals surface area contributed by atoms with Crippen LogP contribution in [0, 0.1) is 0 Å². The third-order valence-electron chi connectivity index (χ3n) is 7.33. The smallest absolute Gasteiger partial charge is 0.330 e. The van der Waals surface area contributed by atoms with Crippen LogP contribution in [0.4, 0.5) is 4.39 Å². The number of ether oxygens (including phenoxy) is 1. The van der Waals surface area contributed by atoms with Crippen LogP contribution in [-0.2, 0) is 25.7 Å². The Balaban J connectivity index is 1.17. The number of amides is 3. The van der Waals surface area contributed by atoms with E-state index in [2.05, 4.69) is 26.0 Å². The van der Waals surface area contributed by atoms with Gasteiger partial charge in [0, 0.05) is 30.0 Å². The first kappa shape index (κ1) is 26.3. The highest BCUT2D eigenvalue weighted by atomic mass is 19.1. The molecule has 0 radical (unpaired) electrons. The summed E-state index contributed by atoms with van der Waals surface area (Å²) in [6.45, 7) is -0.277. The molecule has 3 aliphatic rings. The van der Waals surface area contributed by atoms with Crippen molar-refractivity contribution in [2.45, 2.75) is 43.8 Å². The number of nitrogens with zero attached hydrogens (tertiary/aromatic N) is 6. The summed E-state index contributed by atoms with van der Waals surface area (Å²) in [6, 6.07) is 5.41. The largest absolute Gasteiger partial charge is 0.464 e. The number of nitrogens with one attached hydrogen (secondary N) is 2. The summed E-state index contributed by atoms with van der Waals surface area (Å²) in [7, 11) is 0. The van der Waals surface area contributed by atoms with Gasteiger partial charge in [-0.2, -0.15) is 15.3 Å². The van der Waals surface area contributed by atoms with Crippen molar-refractivity contribution in [1.82, 2.24) is 40.6 Å². The van der Waals surface area contributed by atoms with Gasteiger partial charge in [-0.25, -0.2) is 14.6 Å². The minimum atomic E-state index is -1.39. The van der Waals surface area contributed by atoms with Gasteiger partial charge >= 0.3 is 5.97 Å². The SMILES string of the molecule is NC(=O)c1nn(CC(=O)N2CC(F)CC2C(=O)NC2C=CN(C3CCOC3=O)N2)c2ccc(-c3ccnnc3)cc12. The van der Waals surface area contributed by atoms with Gasteiger partial charge in [-0.3, -0.25) is 24.1 Å². The zero-order valence-corrected chi connectivity index (χ0v) is 21.6. The molecule has 0 saturated carbocycles. The molecule has 0 aliphatic carbocycles. The predicted octanol–water partition coefficient (Wildman–Crippen LogP) is -0.377. The zero-order chi connectivity index (χ0) is 28.7. The molecular weight excluding hydrogens is 537 g/mol. The van der Waals surface area contributed by atoms with E-state index in [1.807, 2.05) is 0 Å². The highest BCUT2D eigenvalue weighted by Crippen LogP contribution is 2.27. The Morgan fingerprint density at radius 2 is 2.05 bits per heavy atom. The number of benzene rings is 1. The van der Waals surface area contributed by atoms with Crippen LogP contribution in [0.1, 0.15) is 23.3 Å². The van der Waals surface area contributed by atoms with Crippen molar-refractivity contribution in [3.8, 4) is 11.1 Å². The third-order valence-corrected chi connectivity index (χ3v) is 7.33. The Morgan fingerprint density at radius 3 is 2.78 bits per heavy atom. The normalized spacial score (nSPS) is 23.8. The van der Waals surface area contributed by atoms with E-state index in [0.29, 0.717) is 23.9 Å². The number of hydrogen-bond acceptors (Lipinski definition) is 10. The standard InChI is InChI=1S/C26H26FN9O5/c27-16-10-20(25(39)31-21-4-7-35(32-21)19-5-8-41-26(19)40)34(12-16)22(37)13-36-18-2-1-14(15-3-6-29-30-11-15)9-17(18)23(33-36)24(28)38/h1-4,6-7,9,11,16,19-21,32H,5,8,10,12-13H2,(H2,28,38)(H,31,39). The maximum absolute atomic E-state index is 14.5. The fourth-order valence-corrected chi connectivity index (χ4v) is 5.34. The molecule has 3 aliphatic heterocycles. The topological polar surface area (TPSA) is 178 Å². The highest BCUT2D eigenvalue weighted by molar-refractivity contribution is 6.05. The molecule has 2 aromatic heterocycles. The van der Waals surface area contributed by atoms with Gasteiger partial charge in [0.15, 0.2) is 5.69 Å². The van der Waals surface area contributed by atoms with Crippen molar-refractivity contribution in [1.29, 1.82) is 0 Å². The molecule has 3 aromatic rings. The fourth-order valence-electron chi connectivity index (χ4n) is 5.34. The molecule has 0 spiro atoms. The molecule has 4 unspecified atom stereocenters. The van der Waals surface area contributed by atoms with Crippen molar-refractivity contribution in [3.05, 3.63) is 54.6 Å². The molecule has 15 heteroatoms. The zero-order valence-electron chi connectivity index (χ0n) is 21.6. The number of rotatable bonds is 7. The number of aromatic nitrogens is 4. The number of cyclic esters (lactones) is 1. The molecule has 41 heavy (non-hydrogen) atoms. The van der Waals surface area contributed by atoms with E-state index >= 15 is 0 Å². The summed E-state index contributed by atoms with van der Waals surface area (Å²) >= 11 is 0. The first-order valence-corrected chi connectivity index (χ1v) is 13.0. The van der Waals surface area contributed by atoms with Gasteiger partial charge in [0.05, 0.1) is 31.1 Å². The van der Waals surface area contributed by atoms with Crippen LogP contribution in [0.2, 0.25) is 0 Å². The highest BCUT2D eigenvalue weighted by Gasteiger charge is 2.41. The Kier molecular flexibility index (Phi) is 6.78. The second-order valence-electron chi connectivity index (χ2n) is 9.96. The molecule has 0 bridgehead atoms. The predicted molar refractivity (Wildman–Crippen MR) is 140 cm³/mol. The number of carbonyl (C=O) groups is 4. The van der Waals surface area contributed by atoms with Crippen molar-refractivity contribution in [2.24, 2.45) is 5.73 Å². The Morgan fingerprint density at radius 1 is 1.20 bits per heavy atom. The maximum atomic E-state index is 14.5. The van der Waals surface area contributed by atoms with Crippen molar-refractivity contribution >= 4 is 34.6 Å². The summed E-state index contributed by atoms with van der Waals surface area (Å²) in [6.07, 6.45) is 4.70. The molecule has 3 amide bonds. The number of alkyl halides is 1. The summed E-state index contributed by atoms with van der Waals surface area (Å²) in [5, 5.41) is 16.6. The second kappa shape index (κ2) is 10.6. The number of nitrogens with two attached hydrogens (primary N) is 1. The molecule has 2 fully saturated rings. The van der Waals surface area contributed by atoms with Crippen molar-refractivity contribution < 1.29 is 28.3 Å². The quantitative estimate of drug-likeness (QED) is 0.321. The van der Waals surface area contributed by atoms with Gasteiger partial charge < -0.3 is 20.7 Å². The number of primary amides is 1. The number of likely N-dealkylation sites (tertiary alicyclic amines) is 1. The lowest BCUT2D eigenvalue weighted by atomic mass is 10.0. The molecule has 212 valence electrons. The van der Waals surface area contributed by atoms with Gasteiger partial charge in [0.1, 0.15) is 31.0 Å². The number of carbonyl (C=O) groups excluding carboxylic acids is 4. The molecule has 5 heterocycles. The number of esters is 1. The van der Waals surface area contributed by atoms with Gasteiger partial charge in [-0.05, 0) is 29.8 Å². The van der Waals surface area contributed by atoms with Gasteiger partial charge in [-0.1, -0.05) is 6.07 Å². The summed E-state index contributed by atoms with van der Waals surface area (Å²) in [5.74, 6) is -2.22. The van der Waals surface area contributed by atoms with Crippen molar-refractivity contribution in [2.75, 3.05) is 13.2 Å². The Hall–Kier alpha value is -4.92. The van der Waals surface area contributed by atoms with Crippen LogP contribution in [0.5, 0.6) is 0 Å². The van der Waals surface area contributed by atoms with E-state index in [4.69, 9.17) is 10.5 Å². The summed E-state index contributed by atoms with van der Waals surface area (Å²) in [5.41, 5.74) is 10.5. The fraction of sp³-hybridized carbons (Fsp3) is 0.346. The number of fused-ring (bicyclic) bond motifs is 1. The van der Waals surface area contributed by atoms with E-state index < -0.39 is 42.1 Å². The molecule has 4 atom stereocenters. The van der Waals surface area contributed by atoms with E-state index in [-0.39, 0.29) is 31.2 Å². The van der Waals surface area contributed by atoms with Crippen LogP contribution in [0.15, 0.2) is 48.9 Å². The lowest BCUT2D eigenvalue weighted by molar-refractivity contribution is -0.142. The second-order valence-corrected chi connectivity index (χ2v) is 9.96. The molecule has 4 N–H and O–H groups in total. The molecular formula is C26H26FN9O5. The lowest BCUT2D eigenvalue weighted by Gasteiger charge is -2.27. The summed E-state index contributed by atoms with van der Waals surface area (Å²) < 4.78 is 20.8. The van der Waals surface area contributed by atoms with Crippen LogP contribution in [0.3, 0.4) is 0 Å². The van der Waals surface area contributed by atoms with Gasteiger partial charge in [-0.15, -0.1) is 0 Å². The van der Waals surface area contributed by atoms with Gasteiger partial charge in [0.25, 0.3) is 5.91 Å². The van der Waals surface area contributed by atoms with Crippen LogP contribution < -0.4 is 16.5 Å². The van der Waals surface area contributed by atoms with Crippen LogP contribution >= 0.6 is 0 Å². The molecule has 2 saturated heterocycles. The minimum Gasteiger partial charge on any atom is -0.464 e. The van der Waals surface area contributed by atoms with Crippen LogP contribution in [-0.4, -0.2) is 91.2 Å². The molecule has 6 rings (SSSR count). The molecule has 1 aromatic carbocycles. The first-order valence-electron chi connectivity index (χ1n) is 13.0. The number of hydrazine groups is 1. The third kappa shape index (κ3) is 5.06. The first-order chi connectivity index (χ1) is 19.8. The van der Waals surface area contributed by atoms with E-state index in [0.717, 1.165) is 11.1 Å². The number of hydrogen-bond donors (Lipinski definition) is 3. The monoisotopic (exact) mass is 563 g/mol. The number of halogens is 1. The average Bonchev–Trinajstić information content (AvgIpc) is 3.75. The lowest BCUT2D eigenvalue weighted by Crippen LogP contribution is -2.54. The average molecular weight is 564 g/mol. The summed E-state index contributed by atoms with van der Waals surface area (Å²) in [4.78, 5) is 51.7.